The van der Waals surface area contributed by atoms with Crippen molar-refractivity contribution in [3.63, 3.8) is 0 Å². The van der Waals surface area contributed by atoms with Crippen molar-refractivity contribution >= 4 is 28.9 Å². The second kappa shape index (κ2) is 6.44. The molecular weight excluding hydrogens is 274 g/mol. The van der Waals surface area contributed by atoms with Gasteiger partial charge >= 0.3 is 5.97 Å². The fourth-order valence-corrected chi connectivity index (χ4v) is 2.22. The number of hydrogen-bond acceptors (Lipinski definition) is 3. The lowest BCUT2D eigenvalue weighted by Crippen LogP contribution is -2.07. The van der Waals surface area contributed by atoms with Gasteiger partial charge in [-0.15, -0.1) is 0 Å². The zero-order chi connectivity index (χ0) is 14.5. The molecule has 0 radical (unpaired) electrons. The van der Waals surface area contributed by atoms with Crippen LogP contribution in [0.4, 0.5) is 11.4 Å². The first-order chi connectivity index (χ1) is 9.61. The van der Waals surface area contributed by atoms with Crippen molar-refractivity contribution in [2.24, 2.45) is 0 Å². The molecule has 2 aromatic rings. The number of para-hydroxylation sites is 2. The maximum atomic E-state index is 11.4. The van der Waals surface area contributed by atoms with Crippen LogP contribution in [0.5, 0.6) is 0 Å². The number of halogens is 1. The third-order valence-corrected chi connectivity index (χ3v) is 3.38. The van der Waals surface area contributed by atoms with Gasteiger partial charge in [0.15, 0.2) is 0 Å². The molecular formula is C16H16ClNO2. The second-order valence-corrected chi connectivity index (χ2v) is 4.87. The molecule has 0 heterocycles. The Hall–Kier alpha value is -2.00. The number of anilines is 2. The molecule has 20 heavy (non-hydrogen) atoms. The largest absolute Gasteiger partial charge is 0.469 e. The summed E-state index contributed by atoms with van der Waals surface area (Å²) in [4.78, 5) is 11.4. The van der Waals surface area contributed by atoms with Gasteiger partial charge in [-0.05, 0) is 30.2 Å². The Bertz CT molecular complexity index is 605. The van der Waals surface area contributed by atoms with Crippen molar-refractivity contribution in [3.05, 3.63) is 58.6 Å². The highest BCUT2D eigenvalue weighted by molar-refractivity contribution is 6.33. The number of rotatable bonds is 4. The normalized spacial score (nSPS) is 10.2. The van der Waals surface area contributed by atoms with Gasteiger partial charge in [0.1, 0.15) is 0 Å². The minimum absolute atomic E-state index is 0.225. The van der Waals surface area contributed by atoms with Crippen LogP contribution in [-0.4, -0.2) is 13.1 Å². The van der Waals surface area contributed by atoms with Crippen LogP contribution < -0.4 is 5.32 Å². The van der Waals surface area contributed by atoms with Crippen LogP contribution >= 0.6 is 11.6 Å². The molecule has 0 saturated carbocycles. The molecule has 2 aromatic carbocycles. The Kier molecular flexibility index (Phi) is 4.64. The summed E-state index contributed by atoms with van der Waals surface area (Å²) in [7, 11) is 1.39. The number of carbonyl (C=O) groups is 1. The first-order valence-electron chi connectivity index (χ1n) is 6.28. The van der Waals surface area contributed by atoms with E-state index in [1.807, 2.05) is 49.4 Å². The Morgan fingerprint density at radius 2 is 1.95 bits per heavy atom. The summed E-state index contributed by atoms with van der Waals surface area (Å²) < 4.78 is 4.71. The van der Waals surface area contributed by atoms with E-state index in [2.05, 4.69) is 5.32 Å². The summed E-state index contributed by atoms with van der Waals surface area (Å²) in [5.41, 5.74) is 3.63. The molecule has 104 valence electrons. The number of esters is 1. The molecule has 3 nitrogen and oxygen atoms in total. The zero-order valence-corrected chi connectivity index (χ0v) is 12.2. The lowest BCUT2D eigenvalue weighted by Gasteiger charge is -2.14. The third kappa shape index (κ3) is 3.31. The molecule has 0 saturated heterocycles. The topological polar surface area (TPSA) is 38.3 Å². The van der Waals surface area contributed by atoms with E-state index in [1.165, 1.54) is 7.11 Å². The van der Waals surface area contributed by atoms with Gasteiger partial charge in [-0.3, -0.25) is 4.79 Å². The van der Waals surface area contributed by atoms with E-state index in [4.69, 9.17) is 16.3 Å². The maximum Gasteiger partial charge on any atom is 0.310 e. The molecule has 0 unspecified atom stereocenters. The highest BCUT2D eigenvalue weighted by Crippen LogP contribution is 2.30. The smallest absolute Gasteiger partial charge is 0.310 e. The molecule has 0 fully saturated rings. The van der Waals surface area contributed by atoms with Crippen LogP contribution in [0, 0.1) is 6.92 Å². The van der Waals surface area contributed by atoms with E-state index in [9.17, 15) is 4.79 Å². The Morgan fingerprint density at radius 3 is 2.65 bits per heavy atom. The average Bonchev–Trinajstić information content (AvgIpc) is 2.44. The number of methoxy groups -OCH3 is 1. The van der Waals surface area contributed by atoms with Crippen molar-refractivity contribution in [2.45, 2.75) is 13.3 Å². The molecule has 0 atom stereocenters. The van der Waals surface area contributed by atoms with Gasteiger partial charge in [0, 0.05) is 5.69 Å². The number of nitrogens with one attached hydrogen (secondary N) is 1. The summed E-state index contributed by atoms with van der Waals surface area (Å²) >= 11 is 6.21. The van der Waals surface area contributed by atoms with Gasteiger partial charge in [0.2, 0.25) is 0 Å². The maximum absolute atomic E-state index is 11.4. The van der Waals surface area contributed by atoms with E-state index in [-0.39, 0.29) is 12.4 Å². The minimum Gasteiger partial charge on any atom is -0.469 e. The van der Waals surface area contributed by atoms with Crippen LogP contribution in [-0.2, 0) is 16.0 Å². The fraction of sp³-hybridized carbons (Fsp3) is 0.188. The van der Waals surface area contributed by atoms with Crippen LogP contribution in [0.15, 0.2) is 42.5 Å². The second-order valence-electron chi connectivity index (χ2n) is 4.47. The van der Waals surface area contributed by atoms with Crippen LogP contribution in [0.2, 0.25) is 5.02 Å². The first kappa shape index (κ1) is 14.4. The summed E-state index contributed by atoms with van der Waals surface area (Å²) in [5.74, 6) is -0.268. The lowest BCUT2D eigenvalue weighted by molar-refractivity contribution is -0.139. The molecule has 0 bridgehead atoms. The van der Waals surface area contributed by atoms with Gasteiger partial charge in [-0.2, -0.15) is 0 Å². The predicted molar refractivity (Wildman–Crippen MR) is 81.6 cm³/mol. The summed E-state index contributed by atoms with van der Waals surface area (Å²) in [5, 5.41) is 3.95. The van der Waals surface area contributed by atoms with E-state index in [0.29, 0.717) is 5.02 Å². The molecule has 0 aliphatic rings. The van der Waals surface area contributed by atoms with Gasteiger partial charge in [-0.1, -0.05) is 41.9 Å². The van der Waals surface area contributed by atoms with Crippen LogP contribution in [0.1, 0.15) is 11.1 Å². The van der Waals surface area contributed by atoms with E-state index < -0.39 is 0 Å². The fourth-order valence-electron chi connectivity index (χ4n) is 1.95. The van der Waals surface area contributed by atoms with Crippen molar-refractivity contribution in [3.8, 4) is 0 Å². The number of aryl methyl sites for hydroxylation is 1. The number of ether oxygens (including phenoxy) is 1. The Labute approximate surface area is 123 Å². The molecule has 1 N–H and O–H groups in total. The minimum atomic E-state index is -0.268. The van der Waals surface area contributed by atoms with Crippen molar-refractivity contribution in [1.29, 1.82) is 0 Å². The molecule has 4 heteroatoms. The Morgan fingerprint density at radius 1 is 1.20 bits per heavy atom. The quantitative estimate of drug-likeness (QED) is 0.861. The molecule has 0 spiro atoms. The molecule has 2 rings (SSSR count). The summed E-state index contributed by atoms with van der Waals surface area (Å²) in [6.45, 7) is 1.98. The molecule has 0 aromatic heterocycles. The van der Waals surface area contributed by atoms with Gasteiger partial charge in [0.05, 0.1) is 24.2 Å². The number of carbonyl (C=O) groups excluding carboxylic acids is 1. The summed E-state index contributed by atoms with van der Waals surface area (Å²) in [6.07, 6.45) is 0.225. The van der Waals surface area contributed by atoms with Gasteiger partial charge in [0.25, 0.3) is 0 Å². The number of hydrogen-bond donors (Lipinski definition) is 1. The van der Waals surface area contributed by atoms with E-state index in [0.717, 1.165) is 22.5 Å². The first-order valence-corrected chi connectivity index (χ1v) is 6.66. The lowest BCUT2D eigenvalue weighted by atomic mass is 10.1. The predicted octanol–water partition coefficient (Wildman–Crippen LogP) is 4.11. The number of benzene rings is 2. The van der Waals surface area contributed by atoms with Gasteiger partial charge in [-0.25, -0.2) is 0 Å². The van der Waals surface area contributed by atoms with Crippen LogP contribution in [0.25, 0.3) is 0 Å². The SMILES string of the molecule is COC(=O)Cc1ccccc1Nc1c(C)cccc1Cl. The molecule has 0 aliphatic heterocycles. The molecule has 0 amide bonds. The van der Waals surface area contributed by atoms with Crippen molar-refractivity contribution in [1.82, 2.24) is 0 Å². The van der Waals surface area contributed by atoms with Crippen molar-refractivity contribution in [2.75, 3.05) is 12.4 Å². The zero-order valence-electron chi connectivity index (χ0n) is 11.4. The highest BCUT2D eigenvalue weighted by atomic mass is 35.5. The van der Waals surface area contributed by atoms with Gasteiger partial charge < -0.3 is 10.1 Å². The van der Waals surface area contributed by atoms with E-state index >= 15 is 0 Å². The highest BCUT2D eigenvalue weighted by Gasteiger charge is 2.10. The summed E-state index contributed by atoms with van der Waals surface area (Å²) in [6, 6.07) is 13.3. The Balaban J connectivity index is 2.32. The van der Waals surface area contributed by atoms with Crippen molar-refractivity contribution < 1.29 is 9.53 Å². The molecule has 0 aliphatic carbocycles. The monoisotopic (exact) mass is 289 g/mol. The third-order valence-electron chi connectivity index (χ3n) is 3.06. The van der Waals surface area contributed by atoms with E-state index in [1.54, 1.807) is 0 Å². The van der Waals surface area contributed by atoms with Crippen LogP contribution in [0.3, 0.4) is 0 Å². The average molecular weight is 290 g/mol. The standard InChI is InChI=1S/C16H16ClNO2/c1-11-6-5-8-13(17)16(11)18-14-9-4-3-7-12(14)10-15(19)20-2/h3-9,18H,10H2,1-2H3.